The smallest absolute Gasteiger partial charge is 0.243 e. The molecule has 252 valence electrons. The average molecular weight is 627 g/mol. The largest absolute Gasteiger partial charge is 0.370 e. The Morgan fingerprint density at radius 3 is 1.64 bits per heavy atom. The molecule has 16 heteroatoms. The Balaban J connectivity index is 5.96. The summed E-state index contributed by atoms with van der Waals surface area (Å²) in [7, 11) is 0. The SMILES string of the molecule is CC(C)C[C@H](NC(=O)[C@@H](NC(=O)[C@H](CCCNC(=N)N)NC(=O)[C@H](CC(C)C)NC(=O)[C@H](C)NC(=O)CN)C(C)C)C(N)=O. The fourth-order valence-corrected chi connectivity index (χ4v) is 4.20. The maximum absolute atomic E-state index is 13.5. The number of guanidine groups is 1. The van der Waals surface area contributed by atoms with Crippen LogP contribution in [0.25, 0.3) is 0 Å². The molecule has 44 heavy (non-hydrogen) atoms. The summed E-state index contributed by atoms with van der Waals surface area (Å²) in [6.07, 6.45) is 0.973. The third kappa shape index (κ3) is 16.0. The normalized spacial score (nSPS) is 14.5. The molecule has 0 aliphatic heterocycles. The first-order chi connectivity index (χ1) is 20.4. The number of hydrogen-bond acceptors (Lipinski definition) is 8. The monoisotopic (exact) mass is 626 g/mol. The maximum Gasteiger partial charge on any atom is 0.243 e. The first-order valence-electron chi connectivity index (χ1n) is 15.0. The molecule has 0 spiro atoms. The molecule has 0 saturated heterocycles. The molecule has 0 rings (SSSR count). The third-order valence-electron chi connectivity index (χ3n) is 6.53. The molecule has 5 atom stereocenters. The number of carbonyl (C=O) groups is 6. The van der Waals surface area contributed by atoms with E-state index in [1.807, 2.05) is 27.7 Å². The van der Waals surface area contributed by atoms with E-state index in [2.05, 4.69) is 31.9 Å². The summed E-state index contributed by atoms with van der Waals surface area (Å²) < 4.78 is 0. The lowest BCUT2D eigenvalue weighted by Crippen LogP contribution is -2.60. The van der Waals surface area contributed by atoms with Gasteiger partial charge in [0.2, 0.25) is 35.4 Å². The van der Waals surface area contributed by atoms with Crippen LogP contribution in [-0.4, -0.2) is 84.7 Å². The number of hydrogen-bond donors (Lipinski definition) is 10. The topological polar surface area (TPSA) is 277 Å². The van der Waals surface area contributed by atoms with Crippen molar-refractivity contribution >= 4 is 41.4 Å². The van der Waals surface area contributed by atoms with Gasteiger partial charge in [-0.1, -0.05) is 41.5 Å². The highest BCUT2D eigenvalue weighted by Gasteiger charge is 2.33. The molecule has 0 saturated carbocycles. The van der Waals surface area contributed by atoms with E-state index in [4.69, 9.17) is 22.6 Å². The maximum atomic E-state index is 13.5. The second-order valence-corrected chi connectivity index (χ2v) is 12.1. The van der Waals surface area contributed by atoms with Crippen LogP contribution in [0.2, 0.25) is 0 Å². The van der Waals surface area contributed by atoms with Crippen molar-refractivity contribution in [3.8, 4) is 0 Å². The summed E-state index contributed by atoms with van der Waals surface area (Å²) in [6, 6.07) is -5.11. The highest BCUT2D eigenvalue weighted by molar-refractivity contribution is 5.96. The van der Waals surface area contributed by atoms with Gasteiger partial charge < -0.3 is 49.1 Å². The molecule has 0 aromatic heterocycles. The minimum atomic E-state index is -1.13. The second-order valence-electron chi connectivity index (χ2n) is 12.1. The van der Waals surface area contributed by atoms with Crippen molar-refractivity contribution in [3.63, 3.8) is 0 Å². The minimum Gasteiger partial charge on any atom is -0.370 e. The van der Waals surface area contributed by atoms with Crippen LogP contribution in [-0.2, 0) is 28.8 Å². The Labute approximate surface area is 260 Å². The lowest BCUT2D eigenvalue weighted by atomic mass is 9.99. The van der Waals surface area contributed by atoms with Crippen LogP contribution >= 0.6 is 0 Å². The fraction of sp³-hybridized carbons (Fsp3) is 0.750. The van der Waals surface area contributed by atoms with E-state index < -0.39 is 65.7 Å². The molecule has 13 N–H and O–H groups in total. The zero-order valence-electron chi connectivity index (χ0n) is 27.0. The average Bonchev–Trinajstić information content (AvgIpc) is 2.90. The predicted molar refractivity (Wildman–Crippen MR) is 166 cm³/mol. The second kappa shape index (κ2) is 20.1. The van der Waals surface area contributed by atoms with Crippen LogP contribution in [0, 0.1) is 23.2 Å². The number of nitrogens with two attached hydrogens (primary N) is 3. The summed E-state index contributed by atoms with van der Waals surface area (Å²) in [5.41, 5.74) is 16.1. The van der Waals surface area contributed by atoms with E-state index in [1.165, 1.54) is 6.92 Å². The fourth-order valence-electron chi connectivity index (χ4n) is 4.20. The minimum absolute atomic E-state index is 0.0231. The number of rotatable bonds is 20. The Hall–Kier alpha value is -3.95. The Kier molecular flexibility index (Phi) is 18.3. The molecule has 0 aromatic carbocycles. The molecular weight excluding hydrogens is 572 g/mol. The van der Waals surface area contributed by atoms with E-state index in [1.54, 1.807) is 13.8 Å². The molecule has 0 fully saturated rings. The van der Waals surface area contributed by atoms with Gasteiger partial charge in [-0.25, -0.2) is 0 Å². The lowest BCUT2D eigenvalue weighted by Gasteiger charge is -2.28. The third-order valence-corrected chi connectivity index (χ3v) is 6.53. The molecule has 0 radical (unpaired) electrons. The summed E-state index contributed by atoms with van der Waals surface area (Å²) in [5.74, 6) is -4.34. The molecule has 0 heterocycles. The van der Waals surface area contributed by atoms with E-state index in [9.17, 15) is 28.8 Å². The molecule has 16 nitrogen and oxygen atoms in total. The van der Waals surface area contributed by atoms with E-state index in [-0.39, 0.29) is 49.6 Å². The van der Waals surface area contributed by atoms with Gasteiger partial charge in [0.1, 0.15) is 30.2 Å². The zero-order valence-corrected chi connectivity index (χ0v) is 27.0. The van der Waals surface area contributed by atoms with Crippen LogP contribution in [0.3, 0.4) is 0 Å². The zero-order chi connectivity index (χ0) is 34.1. The van der Waals surface area contributed by atoms with E-state index in [0.717, 1.165) is 0 Å². The summed E-state index contributed by atoms with van der Waals surface area (Å²) >= 11 is 0. The Bertz CT molecular complexity index is 1000. The Morgan fingerprint density at radius 1 is 0.659 bits per heavy atom. The van der Waals surface area contributed by atoms with Crippen molar-refractivity contribution in [2.75, 3.05) is 13.1 Å². The van der Waals surface area contributed by atoms with Crippen LogP contribution in [0.15, 0.2) is 0 Å². The van der Waals surface area contributed by atoms with Crippen molar-refractivity contribution in [1.29, 1.82) is 5.41 Å². The quantitative estimate of drug-likeness (QED) is 0.0401. The molecular formula is C28H54N10O6. The van der Waals surface area contributed by atoms with Crippen molar-refractivity contribution in [2.45, 2.75) is 104 Å². The first-order valence-corrected chi connectivity index (χ1v) is 15.0. The summed E-state index contributed by atoms with van der Waals surface area (Å²) in [5, 5.41) is 23.0. The van der Waals surface area contributed by atoms with E-state index in [0.29, 0.717) is 12.8 Å². The van der Waals surface area contributed by atoms with E-state index >= 15 is 0 Å². The van der Waals surface area contributed by atoms with Crippen molar-refractivity contribution in [1.82, 2.24) is 31.9 Å². The van der Waals surface area contributed by atoms with Gasteiger partial charge in [-0.2, -0.15) is 0 Å². The van der Waals surface area contributed by atoms with Crippen molar-refractivity contribution in [2.24, 2.45) is 35.0 Å². The lowest BCUT2D eigenvalue weighted by molar-refractivity contribution is -0.135. The Morgan fingerprint density at radius 2 is 1.16 bits per heavy atom. The van der Waals surface area contributed by atoms with Gasteiger partial charge in [-0.05, 0) is 50.4 Å². The van der Waals surface area contributed by atoms with Gasteiger partial charge in [-0.15, -0.1) is 0 Å². The van der Waals surface area contributed by atoms with Crippen LogP contribution in [0.4, 0.5) is 0 Å². The van der Waals surface area contributed by atoms with Gasteiger partial charge in [0, 0.05) is 6.54 Å². The van der Waals surface area contributed by atoms with Crippen LogP contribution in [0.5, 0.6) is 0 Å². The molecule has 0 aromatic rings. The van der Waals surface area contributed by atoms with Gasteiger partial charge in [0.25, 0.3) is 0 Å². The van der Waals surface area contributed by atoms with Crippen molar-refractivity contribution in [3.05, 3.63) is 0 Å². The standard InChI is InChI=1S/C28H54N10O6/c1-14(2)11-19(23(30)40)36-27(44)22(16(5)6)38-25(42)18(9-8-10-33-28(31)32)35-26(43)20(12-15(3)4)37-24(41)17(7)34-21(39)13-29/h14-20,22H,8-13,29H2,1-7H3,(H2,30,40)(H,34,39)(H,35,43)(H,36,44)(H,37,41)(H,38,42)(H4,31,32,33)/t17-,18-,19-,20-,22-/m0/s1. The van der Waals surface area contributed by atoms with Crippen LogP contribution < -0.4 is 49.1 Å². The summed E-state index contributed by atoms with van der Waals surface area (Å²) in [4.78, 5) is 76.4. The number of primary amides is 1. The summed E-state index contributed by atoms with van der Waals surface area (Å²) in [6.45, 7) is 12.3. The van der Waals surface area contributed by atoms with Gasteiger partial charge in [0.15, 0.2) is 5.96 Å². The van der Waals surface area contributed by atoms with Crippen LogP contribution in [0.1, 0.15) is 74.1 Å². The van der Waals surface area contributed by atoms with Crippen molar-refractivity contribution < 1.29 is 28.8 Å². The molecule has 0 aliphatic rings. The number of nitrogens with one attached hydrogen (secondary N) is 7. The van der Waals surface area contributed by atoms with Gasteiger partial charge in [-0.3, -0.25) is 34.2 Å². The highest BCUT2D eigenvalue weighted by Crippen LogP contribution is 2.10. The predicted octanol–water partition coefficient (Wildman–Crippen LogP) is -2.11. The molecule has 0 unspecified atom stereocenters. The number of carbonyl (C=O) groups excluding carboxylic acids is 6. The van der Waals surface area contributed by atoms with Gasteiger partial charge >= 0.3 is 0 Å². The number of amides is 6. The highest BCUT2D eigenvalue weighted by atomic mass is 16.2. The molecule has 0 bridgehead atoms. The molecule has 0 aliphatic carbocycles. The first kappa shape index (κ1) is 40.1. The van der Waals surface area contributed by atoms with Gasteiger partial charge in [0.05, 0.1) is 6.54 Å². The molecule has 6 amide bonds.